The molecule has 0 aliphatic heterocycles. The van der Waals surface area contributed by atoms with E-state index in [0.29, 0.717) is 47.2 Å². The van der Waals surface area contributed by atoms with Gasteiger partial charge in [-0.25, -0.2) is 29.9 Å². The van der Waals surface area contributed by atoms with Crippen LogP contribution in [0.25, 0.3) is 67.2 Å². The van der Waals surface area contributed by atoms with Gasteiger partial charge in [0.05, 0.1) is 68.1 Å². The number of thiazole rings is 3. The molecular weight excluding hydrogens is 1580 g/mol. The lowest BCUT2D eigenvalue weighted by atomic mass is 9.99. The van der Waals surface area contributed by atoms with Gasteiger partial charge in [-0.1, -0.05) is 210 Å². The van der Waals surface area contributed by atoms with Crippen molar-refractivity contribution in [2.75, 3.05) is 47.3 Å². The van der Waals surface area contributed by atoms with Crippen LogP contribution < -0.4 is 16.0 Å². The van der Waals surface area contributed by atoms with Gasteiger partial charge >= 0.3 is 0 Å². The van der Waals surface area contributed by atoms with Gasteiger partial charge in [-0.3, -0.25) is 19.2 Å². The summed E-state index contributed by atoms with van der Waals surface area (Å²) in [6, 6.07) is 65.4. The number of nitrogens with zero attached hydrogens (tertiary/aromatic N) is 10. The van der Waals surface area contributed by atoms with Crippen LogP contribution in [0.2, 0.25) is 0 Å². The monoisotopic (exact) mass is 1630 g/mol. The quantitative estimate of drug-likeness (QED) is 0.0502. The van der Waals surface area contributed by atoms with E-state index in [0.717, 1.165) is 104 Å². The first-order valence-electron chi connectivity index (χ1n) is 30.3. The normalized spacial score (nSPS) is 10.3. The average molecular weight is 1640 g/mol. The van der Waals surface area contributed by atoms with Crippen molar-refractivity contribution in [1.29, 1.82) is 15.8 Å². The third kappa shape index (κ3) is 22.2. The molecule has 3 N–H and O–H groups in total. The van der Waals surface area contributed by atoms with Gasteiger partial charge in [0.2, 0.25) is 24.1 Å². The van der Waals surface area contributed by atoms with E-state index >= 15 is 0 Å². The molecular formula is C75H58Br3N13O4S6. The predicted octanol–water partition coefficient (Wildman–Crippen LogP) is 19.3. The van der Waals surface area contributed by atoms with E-state index in [4.69, 9.17) is 15.0 Å². The molecule has 101 heavy (non-hydrogen) atoms. The SMILES string of the molecule is CN(C)C=O.Cc1csc(NC(=O)CSc2nc(-c3ccc(Br)cc3)cc(-c3ccccc3)c2C#N)n1.Cc1csc(NC(=O)CSc2nc(-c3ccc(Br)cc3)cc(-c3ccccc3)c2C#N)n1.Cc1csc(NC(=O)CSc2nc(-c3ccc(Br)cc3)cc(-c3ccccc3)c2C#N)n1. The summed E-state index contributed by atoms with van der Waals surface area (Å²) in [6.45, 7) is 5.63. The Morgan fingerprint density at radius 2 is 0.663 bits per heavy atom. The fourth-order valence-corrected chi connectivity index (χ4v) is 14.5. The highest BCUT2D eigenvalue weighted by Gasteiger charge is 2.22. The van der Waals surface area contributed by atoms with Crippen LogP contribution in [0.3, 0.4) is 0 Å². The molecule has 0 unspecified atom stereocenters. The number of pyridine rings is 3. The van der Waals surface area contributed by atoms with Gasteiger partial charge in [-0.15, -0.1) is 34.0 Å². The summed E-state index contributed by atoms with van der Waals surface area (Å²) in [5.41, 5.74) is 14.1. The Morgan fingerprint density at radius 1 is 0.416 bits per heavy atom. The average Bonchev–Trinajstić information content (AvgIpc) is 0.976. The molecule has 504 valence electrons. The van der Waals surface area contributed by atoms with Gasteiger partial charge in [0, 0.05) is 77.0 Å². The summed E-state index contributed by atoms with van der Waals surface area (Å²) in [5, 5.41) is 47.1. The van der Waals surface area contributed by atoms with Crippen LogP contribution in [0, 0.1) is 54.8 Å². The number of aromatic nitrogens is 6. The predicted molar refractivity (Wildman–Crippen MR) is 421 cm³/mol. The first-order chi connectivity index (χ1) is 48.9. The Bertz CT molecular complexity index is 4500. The van der Waals surface area contributed by atoms with Crippen LogP contribution in [0.1, 0.15) is 33.8 Å². The summed E-state index contributed by atoms with van der Waals surface area (Å²) in [5.74, 6) is -0.198. The van der Waals surface area contributed by atoms with E-state index in [9.17, 15) is 35.0 Å². The number of benzene rings is 6. The molecule has 0 bridgehead atoms. The number of nitriles is 3. The zero-order chi connectivity index (χ0) is 71.8. The Labute approximate surface area is 634 Å². The number of anilines is 3. The Hall–Kier alpha value is -9.50. The number of thioether (sulfide) groups is 3. The molecule has 6 aromatic heterocycles. The van der Waals surface area contributed by atoms with E-state index in [-0.39, 0.29) is 35.0 Å². The van der Waals surface area contributed by atoms with Crippen molar-refractivity contribution in [3.8, 4) is 85.4 Å². The van der Waals surface area contributed by atoms with Gasteiger partial charge in [-0.05, 0) is 92.1 Å². The number of carbonyl (C=O) groups excluding carboxylic acids is 4. The van der Waals surface area contributed by atoms with Gasteiger partial charge in [-0.2, -0.15) is 15.8 Å². The molecule has 12 aromatic rings. The highest BCUT2D eigenvalue weighted by Crippen LogP contribution is 2.39. The van der Waals surface area contributed by atoms with Crippen molar-refractivity contribution in [3.05, 3.63) is 245 Å². The molecule has 0 fully saturated rings. The lowest BCUT2D eigenvalue weighted by Gasteiger charge is -2.12. The molecule has 4 amide bonds. The maximum atomic E-state index is 12.5. The Morgan fingerprint density at radius 3 is 0.871 bits per heavy atom. The lowest BCUT2D eigenvalue weighted by Crippen LogP contribution is -2.14. The van der Waals surface area contributed by atoms with Crippen LogP contribution in [0.5, 0.6) is 0 Å². The van der Waals surface area contributed by atoms with Gasteiger partial charge in [0.1, 0.15) is 33.3 Å². The van der Waals surface area contributed by atoms with Crippen molar-refractivity contribution in [1.82, 2.24) is 34.8 Å². The molecule has 0 aliphatic rings. The first-order valence-corrected chi connectivity index (χ1v) is 38.3. The molecule has 0 spiro atoms. The molecule has 0 atom stereocenters. The second-order valence-electron chi connectivity index (χ2n) is 21.6. The Balaban J connectivity index is 0.000000170. The van der Waals surface area contributed by atoms with Gasteiger partial charge in [0.25, 0.3) is 0 Å². The summed E-state index contributed by atoms with van der Waals surface area (Å²) >= 11 is 18.3. The van der Waals surface area contributed by atoms with Crippen LogP contribution >= 0.6 is 117 Å². The molecule has 0 saturated heterocycles. The van der Waals surface area contributed by atoms with E-state index < -0.39 is 0 Å². The summed E-state index contributed by atoms with van der Waals surface area (Å²) < 4.78 is 2.92. The Kier molecular flexibility index (Phi) is 28.3. The molecule has 6 heterocycles. The summed E-state index contributed by atoms with van der Waals surface area (Å²) in [6.07, 6.45) is 0.750. The maximum absolute atomic E-state index is 12.5. The smallest absolute Gasteiger partial charge is 0.236 e. The second-order valence-corrected chi connectivity index (χ2v) is 29.8. The van der Waals surface area contributed by atoms with Crippen molar-refractivity contribution in [3.63, 3.8) is 0 Å². The van der Waals surface area contributed by atoms with Crippen LogP contribution in [-0.4, -0.2) is 90.3 Å². The number of hydrogen-bond donors (Lipinski definition) is 3. The van der Waals surface area contributed by atoms with E-state index in [1.54, 1.807) is 14.1 Å². The van der Waals surface area contributed by atoms with Gasteiger partial charge in [0.15, 0.2) is 15.4 Å². The van der Waals surface area contributed by atoms with Crippen molar-refractivity contribution in [2.24, 2.45) is 0 Å². The summed E-state index contributed by atoms with van der Waals surface area (Å²) in [4.78, 5) is 75.3. The lowest BCUT2D eigenvalue weighted by molar-refractivity contribution is -0.116. The molecule has 0 radical (unpaired) electrons. The largest absolute Gasteiger partial charge is 0.351 e. The topological polar surface area (TPSA) is 256 Å². The van der Waals surface area contributed by atoms with Crippen LogP contribution in [-0.2, 0) is 19.2 Å². The number of amides is 4. The fraction of sp³-hybridized carbons (Fsp3) is 0.107. The number of carbonyl (C=O) groups is 4. The molecule has 6 aromatic carbocycles. The highest BCUT2D eigenvalue weighted by atomic mass is 79.9. The molecule has 17 nitrogen and oxygen atoms in total. The number of aryl methyl sites for hydroxylation is 3. The van der Waals surface area contributed by atoms with Crippen LogP contribution in [0.4, 0.5) is 15.4 Å². The standard InChI is InChI=1S/3C24H17BrN4OS2.C3H7NO/c3*1-15-13-32-24(27-15)29-22(30)14-31-23-20(12-26)19(16-5-3-2-4-6-16)11-21(28-23)17-7-9-18(25)10-8-17;1-4(2)3-5/h3*2-11,13H,14H2,1H3,(H,27,29,30);3H,1-2H3. The number of nitrogens with one attached hydrogen (secondary N) is 3. The first kappa shape index (κ1) is 75.7. The number of halogens is 3. The number of rotatable bonds is 19. The third-order valence-electron chi connectivity index (χ3n) is 13.8. The molecule has 26 heteroatoms. The molecule has 0 aliphatic carbocycles. The zero-order valence-electron chi connectivity index (χ0n) is 54.4. The maximum Gasteiger partial charge on any atom is 0.236 e. The highest BCUT2D eigenvalue weighted by molar-refractivity contribution is 9.11. The van der Waals surface area contributed by atoms with E-state index in [1.807, 2.05) is 219 Å². The van der Waals surface area contributed by atoms with Crippen molar-refractivity contribution < 1.29 is 19.2 Å². The fourth-order valence-electron chi connectivity index (χ4n) is 9.15. The molecule has 0 saturated carbocycles. The van der Waals surface area contributed by atoms with E-state index in [2.05, 4.69) is 96.9 Å². The van der Waals surface area contributed by atoms with Gasteiger partial charge < -0.3 is 20.9 Å². The number of hydrogen-bond acceptors (Lipinski definition) is 19. The minimum Gasteiger partial charge on any atom is -0.351 e. The van der Waals surface area contributed by atoms with Crippen molar-refractivity contribution in [2.45, 2.75) is 35.8 Å². The van der Waals surface area contributed by atoms with Crippen molar-refractivity contribution >= 4 is 157 Å². The van der Waals surface area contributed by atoms with Crippen LogP contribution in [0.15, 0.2) is 227 Å². The zero-order valence-corrected chi connectivity index (χ0v) is 64.1. The van der Waals surface area contributed by atoms with E-state index in [1.165, 1.54) is 74.2 Å². The minimum absolute atomic E-state index is 0.123. The third-order valence-corrected chi connectivity index (χ3v) is 20.9. The second kappa shape index (κ2) is 37.8. The molecule has 12 rings (SSSR count). The minimum atomic E-state index is -0.189. The summed E-state index contributed by atoms with van der Waals surface area (Å²) in [7, 11) is 3.38.